The molecule has 1 aliphatic rings. The largest absolute Gasteiger partial charge is 0.369 e. The van der Waals surface area contributed by atoms with Crippen molar-refractivity contribution in [1.82, 2.24) is 9.97 Å². The molecule has 0 amide bonds. The van der Waals surface area contributed by atoms with Crippen molar-refractivity contribution in [2.45, 2.75) is 32.6 Å². The van der Waals surface area contributed by atoms with Crippen LogP contribution in [0.3, 0.4) is 0 Å². The van der Waals surface area contributed by atoms with E-state index in [2.05, 4.69) is 15.3 Å². The number of aromatic nitrogens is 2. The van der Waals surface area contributed by atoms with Gasteiger partial charge in [-0.25, -0.2) is 14.4 Å². The Balaban J connectivity index is 1.60. The molecule has 1 N–H and O–H groups in total. The molecule has 23 heavy (non-hydrogen) atoms. The highest BCUT2D eigenvalue weighted by Gasteiger charge is 2.21. The predicted octanol–water partition coefficient (Wildman–Crippen LogP) is 4.28. The molecule has 3 aromatic rings. The van der Waals surface area contributed by atoms with E-state index in [0.717, 1.165) is 34.9 Å². The Morgan fingerprint density at radius 2 is 2.09 bits per heavy atom. The SMILES string of the molecule is Cc1nc(NCCc2ccccc2F)c2c3c(sc2n1)CCC3. The molecular weight excluding hydrogens is 309 g/mol. The van der Waals surface area contributed by atoms with Gasteiger partial charge in [-0.3, -0.25) is 0 Å². The number of thiophene rings is 1. The fourth-order valence-corrected chi connectivity index (χ4v) is 4.55. The average molecular weight is 327 g/mol. The Kier molecular flexibility index (Phi) is 3.73. The first-order valence-electron chi connectivity index (χ1n) is 7.98. The fraction of sp³-hybridized carbons (Fsp3) is 0.333. The summed E-state index contributed by atoms with van der Waals surface area (Å²) in [6, 6.07) is 6.93. The normalized spacial score (nSPS) is 13.5. The summed E-state index contributed by atoms with van der Waals surface area (Å²) in [7, 11) is 0. The highest BCUT2D eigenvalue weighted by atomic mass is 32.1. The van der Waals surface area contributed by atoms with E-state index in [1.54, 1.807) is 17.4 Å². The van der Waals surface area contributed by atoms with Crippen LogP contribution in [0.1, 0.15) is 28.2 Å². The highest BCUT2D eigenvalue weighted by Crippen LogP contribution is 2.39. The second-order valence-corrected chi connectivity index (χ2v) is 7.01. The summed E-state index contributed by atoms with van der Waals surface area (Å²) < 4.78 is 13.7. The smallest absolute Gasteiger partial charge is 0.138 e. The highest BCUT2D eigenvalue weighted by molar-refractivity contribution is 7.19. The van der Waals surface area contributed by atoms with Crippen LogP contribution in [0.5, 0.6) is 0 Å². The third kappa shape index (κ3) is 2.70. The summed E-state index contributed by atoms with van der Waals surface area (Å²) in [6.45, 7) is 2.59. The van der Waals surface area contributed by atoms with E-state index in [4.69, 9.17) is 0 Å². The van der Waals surface area contributed by atoms with E-state index >= 15 is 0 Å². The quantitative estimate of drug-likeness (QED) is 0.777. The lowest BCUT2D eigenvalue weighted by atomic mass is 10.1. The van der Waals surface area contributed by atoms with Crippen molar-refractivity contribution in [3.8, 4) is 0 Å². The molecule has 2 heterocycles. The number of hydrogen-bond donors (Lipinski definition) is 1. The molecule has 0 atom stereocenters. The summed E-state index contributed by atoms with van der Waals surface area (Å²) in [5.41, 5.74) is 2.15. The van der Waals surface area contributed by atoms with Gasteiger partial charge < -0.3 is 5.32 Å². The van der Waals surface area contributed by atoms with Crippen molar-refractivity contribution >= 4 is 27.4 Å². The lowest BCUT2D eigenvalue weighted by molar-refractivity contribution is 0.610. The fourth-order valence-electron chi connectivity index (χ4n) is 3.25. The molecule has 118 valence electrons. The summed E-state index contributed by atoms with van der Waals surface area (Å²) in [6.07, 6.45) is 4.14. The average Bonchev–Trinajstić information content (AvgIpc) is 3.09. The van der Waals surface area contributed by atoms with Gasteiger partial charge in [0.05, 0.1) is 5.39 Å². The maximum Gasteiger partial charge on any atom is 0.138 e. The van der Waals surface area contributed by atoms with Gasteiger partial charge in [-0.05, 0) is 49.8 Å². The standard InChI is InChI=1S/C18H18FN3S/c1-11-21-17(20-10-9-12-5-2-3-7-14(12)19)16-13-6-4-8-15(13)23-18(16)22-11/h2-3,5,7H,4,6,8-10H2,1H3,(H,20,21,22). The summed E-state index contributed by atoms with van der Waals surface area (Å²) >= 11 is 1.80. The molecule has 0 saturated carbocycles. The molecule has 0 saturated heterocycles. The van der Waals surface area contributed by atoms with Crippen molar-refractivity contribution in [3.05, 3.63) is 51.9 Å². The van der Waals surface area contributed by atoms with E-state index in [0.29, 0.717) is 13.0 Å². The van der Waals surface area contributed by atoms with Crippen LogP contribution in [0.15, 0.2) is 24.3 Å². The van der Waals surface area contributed by atoms with Gasteiger partial charge in [-0.15, -0.1) is 11.3 Å². The Hall–Kier alpha value is -2.01. The minimum Gasteiger partial charge on any atom is -0.369 e. The lowest BCUT2D eigenvalue weighted by Gasteiger charge is -2.09. The number of aryl methyl sites for hydroxylation is 3. The van der Waals surface area contributed by atoms with Gasteiger partial charge >= 0.3 is 0 Å². The molecule has 0 aliphatic heterocycles. The van der Waals surface area contributed by atoms with Crippen molar-refractivity contribution in [3.63, 3.8) is 0 Å². The summed E-state index contributed by atoms with van der Waals surface area (Å²) in [4.78, 5) is 11.7. The number of nitrogens with one attached hydrogen (secondary N) is 1. The van der Waals surface area contributed by atoms with Crippen LogP contribution in [0.25, 0.3) is 10.2 Å². The molecule has 1 aromatic carbocycles. The van der Waals surface area contributed by atoms with E-state index in [9.17, 15) is 4.39 Å². The van der Waals surface area contributed by atoms with E-state index < -0.39 is 0 Å². The van der Waals surface area contributed by atoms with Gasteiger partial charge in [0.25, 0.3) is 0 Å². The van der Waals surface area contributed by atoms with Gasteiger partial charge in [-0.2, -0.15) is 0 Å². The summed E-state index contributed by atoms with van der Waals surface area (Å²) in [5, 5.41) is 4.59. The first-order chi connectivity index (χ1) is 11.2. The van der Waals surface area contributed by atoms with Gasteiger partial charge in [0.15, 0.2) is 0 Å². The van der Waals surface area contributed by atoms with Crippen LogP contribution in [0.2, 0.25) is 0 Å². The first kappa shape index (κ1) is 14.6. The van der Waals surface area contributed by atoms with Crippen LogP contribution >= 0.6 is 11.3 Å². The second-order valence-electron chi connectivity index (χ2n) is 5.93. The minimum atomic E-state index is -0.144. The number of halogens is 1. The van der Waals surface area contributed by atoms with Gasteiger partial charge in [0.2, 0.25) is 0 Å². The lowest BCUT2D eigenvalue weighted by Crippen LogP contribution is -2.09. The Morgan fingerprint density at radius 3 is 2.96 bits per heavy atom. The van der Waals surface area contributed by atoms with Crippen LogP contribution in [0, 0.1) is 12.7 Å². The molecule has 0 spiro atoms. The molecule has 0 unspecified atom stereocenters. The minimum absolute atomic E-state index is 0.144. The Morgan fingerprint density at radius 1 is 1.22 bits per heavy atom. The van der Waals surface area contributed by atoms with Crippen molar-refractivity contribution < 1.29 is 4.39 Å². The Labute approximate surface area is 138 Å². The number of benzene rings is 1. The summed E-state index contributed by atoms with van der Waals surface area (Å²) in [5.74, 6) is 1.55. The molecule has 3 nitrogen and oxygen atoms in total. The van der Waals surface area contributed by atoms with E-state index in [1.807, 2.05) is 19.1 Å². The van der Waals surface area contributed by atoms with Crippen molar-refractivity contribution in [1.29, 1.82) is 0 Å². The zero-order valence-electron chi connectivity index (χ0n) is 13.0. The molecule has 0 radical (unpaired) electrons. The molecule has 5 heteroatoms. The zero-order chi connectivity index (χ0) is 15.8. The van der Waals surface area contributed by atoms with Crippen molar-refractivity contribution in [2.75, 3.05) is 11.9 Å². The number of rotatable bonds is 4. The number of fused-ring (bicyclic) bond motifs is 3. The molecule has 0 bridgehead atoms. The predicted molar refractivity (Wildman–Crippen MR) is 92.8 cm³/mol. The topological polar surface area (TPSA) is 37.8 Å². The van der Waals surface area contributed by atoms with Gasteiger partial charge in [-0.1, -0.05) is 18.2 Å². The second kappa shape index (κ2) is 5.89. The van der Waals surface area contributed by atoms with E-state index in [1.165, 1.54) is 28.3 Å². The van der Waals surface area contributed by atoms with Crippen LogP contribution in [0.4, 0.5) is 10.2 Å². The van der Waals surface area contributed by atoms with Crippen molar-refractivity contribution in [2.24, 2.45) is 0 Å². The number of hydrogen-bond acceptors (Lipinski definition) is 4. The molecule has 0 fully saturated rings. The van der Waals surface area contributed by atoms with Crippen LogP contribution in [-0.2, 0) is 19.3 Å². The molecular formula is C18H18FN3S. The van der Waals surface area contributed by atoms with Gasteiger partial charge in [0, 0.05) is 11.4 Å². The van der Waals surface area contributed by atoms with Gasteiger partial charge in [0.1, 0.15) is 22.3 Å². The third-order valence-corrected chi connectivity index (χ3v) is 5.51. The first-order valence-corrected chi connectivity index (χ1v) is 8.80. The maximum absolute atomic E-state index is 13.7. The molecule has 4 rings (SSSR count). The molecule has 2 aromatic heterocycles. The third-order valence-electron chi connectivity index (χ3n) is 4.32. The maximum atomic E-state index is 13.7. The number of anilines is 1. The monoisotopic (exact) mass is 327 g/mol. The van der Waals surface area contributed by atoms with Crippen LogP contribution in [-0.4, -0.2) is 16.5 Å². The number of nitrogens with zero attached hydrogens (tertiary/aromatic N) is 2. The zero-order valence-corrected chi connectivity index (χ0v) is 13.8. The molecule has 1 aliphatic carbocycles. The van der Waals surface area contributed by atoms with E-state index in [-0.39, 0.29) is 5.82 Å². The Bertz CT molecular complexity index is 872. The van der Waals surface area contributed by atoms with Crippen LogP contribution < -0.4 is 5.32 Å².